The van der Waals surface area contributed by atoms with Crippen molar-refractivity contribution in [3.63, 3.8) is 0 Å². The zero-order valence-electron chi connectivity index (χ0n) is 11.0. The summed E-state index contributed by atoms with van der Waals surface area (Å²) in [6.07, 6.45) is -2.49. The van der Waals surface area contributed by atoms with E-state index in [9.17, 15) is 18.3 Å². The van der Waals surface area contributed by atoms with E-state index >= 15 is 0 Å². The fourth-order valence-corrected chi connectivity index (χ4v) is 3.80. The molecule has 1 unspecified atom stereocenters. The molecule has 0 aliphatic heterocycles. The van der Waals surface area contributed by atoms with Crippen LogP contribution in [0.3, 0.4) is 0 Å². The molecule has 0 fully saturated rings. The summed E-state index contributed by atoms with van der Waals surface area (Å²) in [7, 11) is 0. The normalized spacial score (nSPS) is 15.8. The number of aryl methyl sites for hydroxylation is 2. The maximum absolute atomic E-state index is 12.2. The number of aliphatic hydroxyl groups is 1. The Kier molecular flexibility index (Phi) is 3.67. The second-order valence-electron chi connectivity index (χ2n) is 4.97. The second kappa shape index (κ2) is 5.35. The van der Waals surface area contributed by atoms with E-state index in [0.717, 1.165) is 24.1 Å². The first-order valence-electron chi connectivity index (χ1n) is 6.57. The fraction of sp³-hybridized carbons (Fsp3) is 0.333. The summed E-state index contributed by atoms with van der Waals surface area (Å²) in [4.78, 5) is 2.04. The average Bonchev–Trinajstić information content (AvgIpc) is 2.96. The lowest BCUT2D eigenvalue weighted by molar-refractivity contribution is -0.274. The molecule has 112 valence electrons. The van der Waals surface area contributed by atoms with Crippen LogP contribution in [0.2, 0.25) is 0 Å². The maximum Gasteiger partial charge on any atom is 0.573 e. The van der Waals surface area contributed by atoms with Gasteiger partial charge < -0.3 is 9.84 Å². The van der Waals surface area contributed by atoms with Gasteiger partial charge in [-0.25, -0.2) is 0 Å². The molecule has 1 aromatic carbocycles. The van der Waals surface area contributed by atoms with E-state index in [0.29, 0.717) is 5.56 Å². The van der Waals surface area contributed by atoms with Crippen molar-refractivity contribution in [2.75, 3.05) is 0 Å². The summed E-state index contributed by atoms with van der Waals surface area (Å²) >= 11 is 1.53. The third-order valence-corrected chi connectivity index (χ3v) is 4.73. The van der Waals surface area contributed by atoms with Gasteiger partial charge in [0.25, 0.3) is 0 Å². The van der Waals surface area contributed by atoms with Gasteiger partial charge in [-0.2, -0.15) is 0 Å². The van der Waals surface area contributed by atoms with E-state index in [-0.39, 0.29) is 5.75 Å². The highest BCUT2D eigenvalue weighted by Crippen LogP contribution is 2.37. The van der Waals surface area contributed by atoms with Crippen LogP contribution in [0.25, 0.3) is 0 Å². The largest absolute Gasteiger partial charge is 0.573 e. The number of rotatable bonds is 3. The van der Waals surface area contributed by atoms with Gasteiger partial charge in [0.15, 0.2) is 0 Å². The molecule has 1 heterocycles. The summed E-state index contributed by atoms with van der Waals surface area (Å²) in [5.41, 5.74) is 1.65. The van der Waals surface area contributed by atoms with Crippen LogP contribution in [0.5, 0.6) is 5.75 Å². The summed E-state index contributed by atoms with van der Waals surface area (Å²) in [5, 5.41) is 10.3. The Morgan fingerprint density at radius 3 is 2.71 bits per heavy atom. The van der Waals surface area contributed by atoms with Gasteiger partial charge in [-0.05, 0) is 48.6 Å². The average molecular weight is 314 g/mol. The molecule has 1 aromatic heterocycles. The van der Waals surface area contributed by atoms with Crippen LogP contribution in [-0.2, 0) is 12.8 Å². The minimum Gasteiger partial charge on any atom is -0.406 e. The minimum absolute atomic E-state index is 0.317. The van der Waals surface area contributed by atoms with E-state index < -0.39 is 12.5 Å². The highest BCUT2D eigenvalue weighted by Gasteiger charge is 2.31. The van der Waals surface area contributed by atoms with Crippen LogP contribution in [0, 0.1) is 0 Å². The number of alkyl halides is 3. The third kappa shape index (κ3) is 3.22. The molecule has 6 heteroatoms. The van der Waals surface area contributed by atoms with Gasteiger partial charge in [-0.3, -0.25) is 0 Å². The highest BCUT2D eigenvalue weighted by atomic mass is 32.1. The van der Waals surface area contributed by atoms with Gasteiger partial charge in [0.2, 0.25) is 0 Å². The number of hydrogen-bond acceptors (Lipinski definition) is 3. The Bertz CT molecular complexity index is 627. The highest BCUT2D eigenvalue weighted by molar-refractivity contribution is 7.12. The molecule has 0 amide bonds. The number of benzene rings is 1. The smallest absolute Gasteiger partial charge is 0.406 e. The molecule has 21 heavy (non-hydrogen) atoms. The molecule has 1 aliphatic rings. The van der Waals surface area contributed by atoms with E-state index in [1.54, 1.807) is 6.07 Å². The molecule has 2 nitrogen and oxygen atoms in total. The summed E-state index contributed by atoms with van der Waals surface area (Å²) < 4.78 is 40.6. The topological polar surface area (TPSA) is 29.5 Å². The molecule has 3 rings (SSSR count). The van der Waals surface area contributed by atoms with Gasteiger partial charge in [0.1, 0.15) is 11.9 Å². The lowest BCUT2D eigenvalue weighted by atomic mass is 10.1. The van der Waals surface area contributed by atoms with Crippen molar-refractivity contribution in [2.45, 2.75) is 31.7 Å². The van der Waals surface area contributed by atoms with Gasteiger partial charge >= 0.3 is 6.36 Å². The molecular formula is C15H13F3O2S. The van der Waals surface area contributed by atoms with Crippen molar-refractivity contribution in [3.8, 4) is 5.75 Å². The Morgan fingerprint density at radius 2 is 2.00 bits per heavy atom. The van der Waals surface area contributed by atoms with Crippen LogP contribution in [0.1, 0.15) is 33.4 Å². The van der Waals surface area contributed by atoms with Gasteiger partial charge in [-0.1, -0.05) is 12.1 Å². The summed E-state index contributed by atoms with van der Waals surface area (Å²) in [6.45, 7) is 0. The standard InChI is InChI=1S/C15H13F3O2S/c16-15(17,18)20-11-5-1-4-10(7-11)14(19)13-8-9-3-2-6-12(9)21-13/h1,4-5,7-8,14,19H,2-3,6H2. The third-order valence-electron chi connectivity index (χ3n) is 3.44. The number of thiophene rings is 1. The Hall–Kier alpha value is -1.53. The van der Waals surface area contributed by atoms with Crippen molar-refractivity contribution < 1.29 is 23.0 Å². The Balaban J connectivity index is 1.83. The van der Waals surface area contributed by atoms with Crippen LogP contribution < -0.4 is 4.74 Å². The fourth-order valence-electron chi connectivity index (χ4n) is 2.53. The van der Waals surface area contributed by atoms with Crippen molar-refractivity contribution >= 4 is 11.3 Å². The zero-order chi connectivity index (χ0) is 15.0. The van der Waals surface area contributed by atoms with Crippen LogP contribution in [-0.4, -0.2) is 11.5 Å². The number of halogens is 3. The first-order chi connectivity index (χ1) is 9.92. The monoisotopic (exact) mass is 314 g/mol. The predicted molar refractivity (Wildman–Crippen MR) is 73.5 cm³/mol. The van der Waals surface area contributed by atoms with Gasteiger partial charge in [-0.15, -0.1) is 24.5 Å². The molecule has 1 aliphatic carbocycles. The molecule has 1 atom stereocenters. The predicted octanol–water partition coefficient (Wildman–Crippen LogP) is 4.22. The van der Waals surface area contributed by atoms with Crippen LogP contribution >= 0.6 is 11.3 Å². The number of ether oxygens (including phenoxy) is 1. The summed E-state index contributed by atoms with van der Waals surface area (Å²) in [6, 6.07) is 7.44. The molecule has 0 spiro atoms. The van der Waals surface area contributed by atoms with Crippen LogP contribution in [0.15, 0.2) is 30.3 Å². The first-order valence-corrected chi connectivity index (χ1v) is 7.39. The van der Waals surface area contributed by atoms with Crippen molar-refractivity contribution in [2.24, 2.45) is 0 Å². The summed E-state index contributed by atoms with van der Waals surface area (Å²) in [5.74, 6) is -0.317. The molecule has 0 saturated carbocycles. The van der Waals surface area contributed by atoms with Gasteiger partial charge in [0, 0.05) is 9.75 Å². The second-order valence-corrected chi connectivity index (χ2v) is 6.14. The number of aliphatic hydroxyl groups excluding tert-OH is 1. The quantitative estimate of drug-likeness (QED) is 0.919. The maximum atomic E-state index is 12.2. The molecule has 2 aromatic rings. The minimum atomic E-state index is -4.73. The van der Waals surface area contributed by atoms with Gasteiger partial charge in [0.05, 0.1) is 0 Å². The number of hydrogen-bond donors (Lipinski definition) is 1. The van der Waals surface area contributed by atoms with Crippen molar-refractivity contribution in [3.05, 3.63) is 51.2 Å². The van der Waals surface area contributed by atoms with E-state index in [1.807, 2.05) is 6.07 Å². The molecule has 0 bridgehead atoms. The molecular weight excluding hydrogens is 301 g/mol. The zero-order valence-corrected chi connectivity index (χ0v) is 11.8. The van der Waals surface area contributed by atoms with Crippen molar-refractivity contribution in [1.29, 1.82) is 0 Å². The Labute approximate surface area is 123 Å². The first kappa shape index (κ1) is 14.4. The van der Waals surface area contributed by atoms with Crippen molar-refractivity contribution in [1.82, 2.24) is 0 Å². The SMILES string of the molecule is OC(c1cccc(OC(F)(F)F)c1)c1cc2c(s1)CCC2. The lowest BCUT2D eigenvalue weighted by Gasteiger charge is -2.13. The molecule has 0 radical (unpaired) electrons. The van der Waals surface area contributed by atoms with E-state index in [1.165, 1.54) is 40.0 Å². The van der Waals surface area contributed by atoms with Crippen LogP contribution in [0.4, 0.5) is 13.2 Å². The molecule has 1 N–H and O–H groups in total. The van der Waals surface area contributed by atoms with E-state index in [2.05, 4.69) is 4.74 Å². The molecule has 0 saturated heterocycles. The van der Waals surface area contributed by atoms with E-state index in [4.69, 9.17) is 0 Å². The number of fused-ring (bicyclic) bond motifs is 1. The Morgan fingerprint density at radius 1 is 1.19 bits per heavy atom. The lowest BCUT2D eigenvalue weighted by Crippen LogP contribution is -2.17.